The molecule has 2 heterocycles. The van der Waals surface area contributed by atoms with Crippen LogP contribution in [0.25, 0.3) is 17.0 Å². The Hall–Kier alpha value is -3.50. The molecular weight excluding hydrogens is 418 g/mol. The first-order valence-corrected chi connectivity index (χ1v) is 11.2. The molecule has 2 aromatic heterocycles. The molecule has 0 aliphatic carbocycles. The van der Waals surface area contributed by atoms with Crippen LogP contribution in [0.2, 0.25) is 0 Å². The SMILES string of the molecule is CCOc1ccccc1S(=O)(=O)NCCOc1ccc2nnc(-c3ccccc3)n2n1. The van der Waals surface area contributed by atoms with Gasteiger partial charge in [-0.2, -0.15) is 4.52 Å². The van der Waals surface area contributed by atoms with Crippen LogP contribution in [-0.2, 0) is 10.0 Å². The average molecular weight is 439 g/mol. The molecule has 0 fully saturated rings. The third kappa shape index (κ3) is 4.65. The normalized spacial score (nSPS) is 11.5. The first-order valence-electron chi connectivity index (χ1n) is 9.70. The molecule has 0 unspecified atom stereocenters. The van der Waals surface area contributed by atoms with Crippen LogP contribution in [0.5, 0.6) is 11.6 Å². The molecule has 4 aromatic rings. The van der Waals surface area contributed by atoms with Crippen LogP contribution < -0.4 is 14.2 Å². The van der Waals surface area contributed by atoms with Crippen molar-refractivity contribution in [1.29, 1.82) is 0 Å². The molecule has 4 rings (SSSR count). The summed E-state index contributed by atoms with van der Waals surface area (Å²) in [5.41, 5.74) is 1.46. The Labute approximate surface area is 179 Å². The average Bonchev–Trinajstić information content (AvgIpc) is 3.21. The van der Waals surface area contributed by atoms with E-state index in [4.69, 9.17) is 9.47 Å². The molecule has 0 bridgehead atoms. The van der Waals surface area contributed by atoms with Crippen LogP contribution in [0, 0.1) is 0 Å². The number of nitrogens with zero attached hydrogens (tertiary/aromatic N) is 4. The molecule has 10 heteroatoms. The van der Waals surface area contributed by atoms with Gasteiger partial charge >= 0.3 is 0 Å². The first kappa shape index (κ1) is 20.8. The van der Waals surface area contributed by atoms with Crippen molar-refractivity contribution >= 4 is 15.7 Å². The lowest BCUT2D eigenvalue weighted by Gasteiger charge is -2.12. The topological polar surface area (TPSA) is 108 Å². The summed E-state index contributed by atoms with van der Waals surface area (Å²) < 4.78 is 40.4. The number of aromatic nitrogens is 4. The number of hydrogen-bond donors (Lipinski definition) is 1. The van der Waals surface area contributed by atoms with E-state index in [1.54, 1.807) is 41.8 Å². The Morgan fingerprint density at radius 2 is 1.71 bits per heavy atom. The van der Waals surface area contributed by atoms with Gasteiger partial charge in [0.25, 0.3) is 0 Å². The number of para-hydroxylation sites is 1. The monoisotopic (exact) mass is 439 g/mol. The molecule has 0 amide bonds. The maximum absolute atomic E-state index is 12.6. The molecule has 0 aliphatic rings. The predicted octanol–water partition coefficient (Wildman–Crippen LogP) is 2.55. The lowest BCUT2D eigenvalue weighted by atomic mass is 10.2. The van der Waals surface area contributed by atoms with E-state index in [0.717, 1.165) is 5.56 Å². The van der Waals surface area contributed by atoms with Crippen molar-refractivity contribution < 1.29 is 17.9 Å². The van der Waals surface area contributed by atoms with Gasteiger partial charge in [0.15, 0.2) is 11.5 Å². The minimum Gasteiger partial charge on any atom is -0.492 e. The highest BCUT2D eigenvalue weighted by atomic mass is 32.2. The zero-order chi connectivity index (χ0) is 21.7. The maximum atomic E-state index is 12.6. The molecule has 1 N–H and O–H groups in total. The fourth-order valence-electron chi connectivity index (χ4n) is 2.97. The molecular formula is C21H21N5O4S. The lowest BCUT2D eigenvalue weighted by molar-refractivity contribution is 0.305. The van der Waals surface area contributed by atoms with E-state index in [0.29, 0.717) is 29.7 Å². The largest absolute Gasteiger partial charge is 0.492 e. The van der Waals surface area contributed by atoms with Gasteiger partial charge in [-0.25, -0.2) is 13.1 Å². The highest BCUT2D eigenvalue weighted by Gasteiger charge is 2.18. The number of sulfonamides is 1. The van der Waals surface area contributed by atoms with E-state index in [9.17, 15) is 8.42 Å². The van der Waals surface area contributed by atoms with Crippen LogP contribution in [0.4, 0.5) is 0 Å². The Bertz CT molecular complexity index is 1280. The van der Waals surface area contributed by atoms with Gasteiger partial charge in [0.1, 0.15) is 17.3 Å². The minimum absolute atomic E-state index is 0.0657. The Morgan fingerprint density at radius 1 is 0.935 bits per heavy atom. The number of ether oxygens (including phenoxy) is 2. The molecule has 0 spiro atoms. The number of hydrogen-bond acceptors (Lipinski definition) is 7. The number of fused-ring (bicyclic) bond motifs is 1. The maximum Gasteiger partial charge on any atom is 0.244 e. The second-order valence-corrected chi connectivity index (χ2v) is 8.19. The molecule has 0 aliphatic heterocycles. The van der Waals surface area contributed by atoms with Gasteiger partial charge in [-0.05, 0) is 25.1 Å². The van der Waals surface area contributed by atoms with Crippen molar-refractivity contribution in [3.05, 3.63) is 66.7 Å². The highest BCUT2D eigenvalue weighted by Crippen LogP contribution is 2.23. The fourth-order valence-corrected chi connectivity index (χ4v) is 4.13. The fraction of sp³-hybridized carbons (Fsp3) is 0.190. The summed E-state index contributed by atoms with van der Waals surface area (Å²) in [7, 11) is -3.74. The van der Waals surface area contributed by atoms with Gasteiger partial charge in [0, 0.05) is 18.2 Å². The van der Waals surface area contributed by atoms with Crippen molar-refractivity contribution in [2.24, 2.45) is 0 Å². The van der Waals surface area contributed by atoms with E-state index in [1.807, 2.05) is 30.3 Å². The van der Waals surface area contributed by atoms with E-state index >= 15 is 0 Å². The highest BCUT2D eigenvalue weighted by molar-refractivity contribution is 7.89. The van der Waals surface area contributed by atoms with Gasteiger partial charge < -0.3 is 9.47 Å². The summed E-state index contributed by atoms with van der Waals surface area (Å²) in [5.74, 6) is 1.24. The summed E-state index contributed by atoms with van der Waals surface area (Å²) in [6, 6.07) is 19.5. The van der Waals surface area contributed by atoms with Gasteiger partial charge in [-0.1, -0.05) is 42.5 Å². The smallest absolute Gasteiger partial charge is 0.244 e. The lowest BCUT2D eigenvalue weighted by Crippen LogP contribution is -2.28. The van der Waals surface area contributed by atoms with Gasteiger partial charge in [0.05, 0.1) is 6.61 Å². The molecule has 31 heavy (non-hydrogen) atoms. The first-order chi connectivity index (χ1) is 15.1. The quantitative estimate of drug-likeness (QED) is 0.399. The molecule has 0 saturated heterocycles. The number of benzene rings is 2. The summed E-state index contributed by atoms with van der Waals surface area (Å²) in [6.45, 7) is 2.33. The van der Waals surface area contributed by atoms with Crippen molar-refractivity contribution in [3.8, 4) is 23.0 Å². The standard InChI is InChI=1S/C21H21N5O4S/c1-2-29-17-10-6-7-11-18(17)31(27,28)22-14-15-30-20-13-12-19-23-24-21(26(19)25-20)16-8-4-3-5-9-16/h3-13,22H,2,14-15H2,1H3. The number of nitrogens with one attached hydrogen (secondary N) is 1. The summed E-state index contributed by atoms with van der Waals surface area (Å²) in [4.78, 5) is 0.0911. The molecule has 0 saturated carbocycles. The van der Waals surface area contributed by atoms with Crippen LogP contribution >= 0.6 is 0 Å². The molecule has 0 atom stereocenters. The van der Waals surface area contributed by atoms with Crippen LogP contribution in [-0.4, -0.2) is 48.0 Å². The van der Waals surface area contributed by atoms with Gasteiger partial charge in [0.2, 0.25) is 15.9 Å². The van der Waals surface area contributed by atoms with Crippen molar-refractivity contribution in [2.45, 2.75) is 11.8 Å². The predicted molar refractivity (Wildman–Crippen MR) is 115 cm³/mol. The van der Waals surface area contributed by atoms with Crippen molar-refractivity contribution in [2.75, 3.05) is 19.8 Å². The van der Waals surface area contributed by atoms with E-state index < -0.39 is 10.0 Å². The van der Waals surface area contributed by atoms with E-state index in [1.165, 1.54) is 6.07 Å². The molecule has 9 nitrogen and oxygen atoms in total. The molecule has 160 valence electrons. The van der Waals surface area contributed by atoms with E-state index in [-0.39, 0.29) is 18.0 Å². The van der Waals surface area contributed by atoms with E-state index in [2.05, 4.69) is 20.0 Å². The van der Waals surface area contributed by atoms with Crippen LogP contribution in [0.3, 0.4) is 0 Å². The van der Waals surface area contributed by atoms with Crippen LogP contribution in [0.1, 0.15) is 6.92 Å². The van der Waals surface area contributed by atoms with Crippen LogP contribution in [0.15, 0.2) is 71.6 Å². The third-order valence-electron chi connectivity index (χ3n) is 4.35. The second-order valence-electron chi connectivity index (χ2n) is 6.46. The summed E-state index contributed by atoms with van der Waals surface area (Å²) in [6.07, 6.45) is 0. The zero-order valence-electron chi connectivity index (χ0n) is 16.8. The molecule has 0 radical (unpaired) electrons. The Balaban J connectivity index is 1.42. The van der Waals surface area contributed by atoms with Gasteiger partial charge in [-0.15, -0.1) is 15.3 Å². The Kier molecular flexibility index (Phi) is 6.10. The molecule has 2 aromatic carbocycles. The minimum atomic E-state index is -3.74. The summed E-state index contributed by atoms with van der Waals surface area (Å²) >= 11 is 0. The van der Waals surface area contributed by atoms with Crippen molar-refractivity contribution in [1.82, 2.24) is 24.5 Å². The zero-order valence-corrected chi connectivity index (χ0v) is 17.6. The number of rotatable bonds is 9. The summed E-state index contributed by atoms with van der Waals surface area (Å²) in [5, 5.41) is 12.7. The second kappa shape index (κ2) is 9.11. The Morgan fingerprint density at radius 3 is 2.52 bits per heavy atom. The van der Waals surface area contributed by atoms with Gasteiger partial charge in [-0.3, -0.25) is 0 Å². The van der Waals surface area contributed by atoms with Crippen molar-refractivity contribution in [3.63, 3.8) is 0 Å². The third-order valence-corrected chi connectivity index (χ3v) is 5.85.